The van der Waals surface area contributed by atoms with Crippen molar-refractivity contribution in [1.29, 1.82) is 0 Å². The molecule has 0 amide bonds. The fourth-order valence-corrected chi connectivity index (χ4v) is 2.84. The van der Waals surface area contributed by atoms with E-state index in [2.05, 4.69) is 12.2 Å². The second-order valence-electron chi connectivity index (χ2n) is 5.61. The third-order valence-electron chi connectivity index (χ3n) is 3.96. The van der Waals surface area contributed by atoms with Crippen LogP contribution in [-0.2, 0) is 14.2 Å². The van der Waals surface area contributed by atoms with Crippen LogP contribution >= 0.6 is 0 Å². The van der Waals surface area contributed by atoms with Crippen LogP contribution in [0.5, 0.6) is 0 Å². The molecule has 0 spiro atoms. The minimum absolute atomic E-state index is 0.700. The average Bonchev–Trinajstić information content (AvgIpc) is 2.91. The van der Waals surface area contributed by atoms with Crippen molar-refractivity contribution in [2.45, 2.75) is 51.5 Å². The summed E-state index contributed by atoms with van der Waals surface area (Å²) in [6, 6.07) is 0.726. The van der Waals surface area contributed by atoms with E-state index in [1.54, 1.807) is 7.11 Å². The predicted molar refractivity (Wildman–Crippen MR) is 82.2 cm³/mol. The summed E-state index contributed by atoms with van der Waals surface area (Å²) in [6.45, 7) is 7.20. The molecule has 120 valence electrons. The quantitative estimate of drug-likeness (QED) is 0.529. The standard InChI is InChI=1S/C16H33NO3/c1-3-9-17-16-7-4-6-15(16)8-12-20-14-13-19-11-5-10-18-2/h15-17H,3-14H2,1-2H3. The van der Waals surface area contributed by atoms with Gasteiger partial charge < -0.3 is 19.5 Å². The minimum Gasteiger partial charge on any atom is -0.385 e. The van der Waals surface area contributed by atoms with Crippen molar-refractivity contribution >= 4 is 0 Å². The van der Waals surface area contributed by atoms with Crippen LogP contribution in [0.4, 0.5) is 0 Å². The Labute approximate surface area is 124 Å². The summed E-state index contributed by atoms with van der Waals surface area (Å²) in [6.07, 6.45) is 7.44. The Morgan fingerprint density at radius 1 is 1.00 bits per heavy atom. The van der Waals surface area contributed by atoms with E-state index >= 15 is 0 Å². The molecule has 2 unspecified atom stereocenters. The normalized spacial score (nSPS) is 22.5. The molecule has 0 aliphatic heterocycles. The lowest BCUT2D eigenvalue weighted by Crippen LogP contribution is -2.33. The van der Waals surface area contributed by atoms with E-state index in [-0.39, 0.29) is 0 Å². The highest BCUT2D eigenvalue weighted by Crippen LogP contribution is 2.28. The predicted octanol–water partition coefficient (Wildman–Crippen LogP) is 2.61. The Kier molecular flexibility index (Phi) is 11.2. The molecule has 1 aliphatic carbocycles. The second kappa shape index (κ2) is 12.6. The summed E-state index contributed by atoms with van der Waals surface area (Å²) in [4.78, 5) is 0. The van der Waals surface area contributed by atoms with Crippen LogP contribution in [0.3, 0.4) is 0 Å². The molecule has 4 nitrogen and oxygen atoms in total. The topological polar surface area (TPSA) is 39.7 Å². The largest absolute Gasteiger partial charge is 0.385 e. The molecule has 0 aromatic heterocycles. The van der Waals surface area contributed by atoms with E-state index in [1.165, 1.54) is 32.1 Å². The van der Waals surface area contributed by atoms with Crippen LogP contribution in [0.1, 0.15) is 45.4 Å². The van der Waals surface area contributed by atoms with Gasteiger partial charge in [-0.25, -0.2) is 0 Å². The maximum Gasteiger partial charge on any atom is 0.0700 e. The number of ether oxygens (including phenoxy) is 3. The number of methoxy groups -OCH3 is 1. The molecule has 2 atom stereocenters. The number of rotatable bonds is 13. The zero-order valence-electron chi connectivity index (χ0n) is 13.4. The number of nitrogens with one attached hydrogen (secondary N) is 1. The van der Waals surface area contributed by atoms with Gasteiger partial charge in [-0.05, 0) is 44.6 Å². The van der Waals surface area contributed by atoms with Crippen molar-refractivity contribution in [3.8, 4) is 0 Å². The molecule has 0 aromatic carbocycles. The second-order valence-corrected chi connectivity index (χ2v) is 5.61. The third-order valence-corrected chi connectivity index (χ3v) is 3.96. The first-order valence-corrected chi connectivity index (χ1v) is 8.26. The molecule has 0 bridgehead atoms. The van der Waals surface area contributed by atoms with E-state index in [9.17, 15) is 0 Å². The zero-order valence-corrected chi connectivity index (χ0v) is 13.4. The highest BCUT2D eigenvalue weighted by atomic mass is 16.5. The van der Waals surface area contributed by atoms with Gasteiger partial charge in [0.1, 0.15) is 0 Å². The molecule has 0 aromatic rings. The molecule has 0 radical (unpaired) electrons. The van der Waals surface area contributed by atoms with Crippen LogP contribution in [0.15, 0.2) is 0 Å². The van der Waals surface area contributed by atoms with Gasteiger partial charge in [-0.1, -0.05) is 13.3 Å². The van der Waals surface area contributed by atoms with Gasteiger partial charge in [0.05, 0.1) is 13.2 Å². The van der Waals surface area contributed by atoms with Crippen LogP contribution < -0.4 is 5.32 Å². The van der Waals surface area contributed by atoms with Crippen molar-refractivity contribution < 1.29 is 14.2 Å². The lowest BCUT2D eigenvalue weighted by molar-refractivity contribution is 0.0351. The summed E-state index contributed by atoms with van der Waals surface area (Å²) in [5, 5.41) is 3.67. The lowest BCUT2D eigenvalue weighted by atomic mass is 10.00. The number of hydrogen-bond acceptors (Lipinski definition) is 4. The van der Waals surface area contributed by atoms with Gasteiger partial charge in [0.25, 0.3) is 0 Å². The van der Waals surface area contributed by atoms with Crippen molar-refractivity contribution in [1.82, 2.24) is 5.32 Å². The highest BCUT2D eigenvalue weighted by molar-refractivity contribution is 4.82. The van der Waals surface area contributed by atoms with Crippen LogP contribution in [-0.4, -0.2) is 52.7 Å². The first-order valence-electron chi connectivity index (χ1n) is 8.26. The van der Waals surface area contributed by atoms with Crippen molar-refractivity contribution in [3.05, 3.63) is 0 Å². The molecule has 4 heteroatoms. The summed E-state index contributed by atoms with van der Waals surface area (Å²) >= 11 is 0. The summed E-state index contributed by atoms with van der Waals surface area (Å²) in [7, 11) is 1.72. The highest BCUT2D eigenvalue weighted by Gasteiger charge is 2.25. The number of hydrogen-bond donors (Lipinski definition) is 1. The molecule has 1 saturated carbocycles. The summed E-state index contributed by atoms with van der Waals surface area (Å²) < 4.78 is 16.1. The molecule has 0 heterocycles. The third kappa shape index (κ3) is 8.20. The van der Waals surface area contributed by atoms with Gasteiger partial charge in [0.2, 0.25) is 0 Å². The van der Waals surface area contributed by atoms with E-state index in [4.69, 9.17) is 14.2 Å². The Balaban J connectivity index is 1.90. The molecule has 1 rings (SSSR count). The smallest absolute Gasteiger partial charge is 0.0700 e. The molecule has 1 N–H and O–H groups in total. The van der Waals surface area contributed by atoms with E-state index in [1.807, 2.05) is 0 Å². The Morgan fingerprint density at radius 2 is 1.80 bits per heavy atom. The SMILES string of the molecule is CCCNC1CCCC1CCOCCOCCCOC. The molecular formula is C16H33NO3. The van der Waals surface area contributed by atoms with E-state index in [0.717, 1.165) is 44.7 Å². The Bertz CT molecular complexity index is 214. The van der Waals surface area contributed by atoms with E-state index in [0.29, 0.717) is 13.2 Å². The molecule has 0 saturated heterocycles. The van der Waals surface area contributed by atoms with Gasteiger partial charge in [0.15, 0.2) is 0 Å². The van der Waals surface area contributed by atoms with Crippen LogP contribution in [0.2, 0.25) is 0 Å². The van der Waals surface area contributed by atoms with Gasteiger partial charge in [-0.3, -0.25) is 0 Å². The molecule has 1 fully saturated rings. The maximum absolute atomic E-state index is 5.67. The minimum atomic E-state index is 0.700. The van der Waals surface area contributed by atoms with Crippen LogP contribution in [0.25, 0.3) is 0 Å². The monoisotopic (exact) mass is 287 g/mol. The van der Waals surface area contributed by atoms with Crippen molar-refractivity contribution in [2.24, 2.45) is 5.92 Å². The summed E-state index contributed by atoms with van der Waals surface area (Å²) in [5.74, 6) is 0.809. The fourth-order valence-electron chi connectivity index (χ4n) is 2.84. The molecule has 1 aliphatic rings. The van der Waals surface area contributed by atoms with E-state index < -0.39 is 0 Å². The van der Waals surface area contributed by atoms with Gasteiger partial charge in [-0.15, -0.1) is 0 Å². The van der Waals surface area contributed by atoms with Crippen molar-refractivity contribution in [2.75, 3.05) is 46.7 Å². The Morgan fingerprint density at radius 3 is 2.55 bits per heavy atom. The van der Waals surface area contributed by atoms with Gasteiger partial charge in [-0.2, -0.15) is 0 Å². The maximum atomic E-state index is 5.67. The zero-order chi connectivity index (χ0) is 14.5. The first-order chi connectivity index (χ1) is 9.88. The van der Waals surface area contributed by atoms with Crippen LogP contribution in [0, 0.1) is 5.92 Å². The fraction of sp³-hybridized carbons (Fsp3) is 1.00. The summed E-state index contributed by atoms with van der Waals surface area (Å²) in [5.41, 5.74) is 0. The van der Waals surface area contributed by atoms with Gasteiger partial charge in [0, 0.05) is 33.0 Å². The average molecular weight is 287 g/mol. The molecule has 20 heavy (non-hydrogen) atoms. The lowest BCUT2D eigenvalue weighted by Gasteiger charge is -2.20. The van der Waals surface area contributed by atoms with Crippen molar-refractivity contribution in [3.63, 3.8) is 0 Å². The van der Waals surface area contributed by atoms with Gasteiger partial charge >= 0.3 is 0 Å². The first kappa shape index (κ1) is 17.9. The Hall–Kier alpha value is -0.160. The molecular weight excluding hydrogens is 254 g/mol.